The maximum Gasteiger partial charge on any atom is 0.256 e. The van der Waals surface area contributed by atoms with Crippen LogP contribution in [0.25, 0.3) is 0 Å². The molecule has 2 heterocycles. The summed E-state index contributed by atoms with van der Waals surface area (Å²) in [5, 5.41) is 5.90. The average Bonchev–Trinajstić information content (AvgIpc) is 3.35. The summed E-state index contributed by atoms with van der Waals surface area (Å²) >= 11 is 13.4. The molecule has 2 aromatic carbocycles. The van der Waals surface area contributed by atoms with Crippen LogP contribution in [0.3, 0.4) is 0 Å². The van der Waals surface area contributed by atoms with Crippen molar-refractivity contribution in [2.75, 3.05) is 23.4 Å². The van der Waals surface area contributed by atoms with Crippen molar-refractivity contribution in [1.29, 1.82) is 0 Å². The van der Waals surface area contributed by atoms with Gasteiger partial charge in [-0.2, -0.15) is 0 Å². The fourth-order valence-corrected chi connectivity index (χ4v) is 5.43. The summed E-state index contributed by atoms with van der Waals surface area (Å²) in [5.74, 6) is 0.241. The first-order valence-corrected chi connectivity index (χ1v) is 13.0. The van der Waals surface area contributed by atoms with Crippen LogP contribution in [-0.2, 0) is 16.0 Å². The molecule has 1 fully saturated rings. The van der Waals surface area contributed by atoms with E-state index in [1.165, 1.54) is 15.3 Å². The molecule has 3 aromatic rings. The van der Waals surface area contributed by atoms with Gasteiger partial charge in [-0.05, 0) is 98.0 Å². The Balaban J connectivity index is 1.55. The molecule has 0 spiro atoms. The van der Waals surface area contributed by atoms with Crippen molar-refractivity contribution in [3.63, 3.8) is 0 Å². The van der Waals surface area contributed by atoms with Crippen LogP contribution >= 0.6 is 35.2 Å². The van der Waals surface area contributed by atoms with Gasteiger partial charge in [0, 0.05) is 22.1 Å². The van der Waals surface area contributed by atoms with Crippen LogP contribution in [0.15, 0.2) is 60.0 Å². The molecule has 0 radical (unpaired) electrons. The molecule has 1 N–H and O–H groups in total. The minimum Gasteiger partial charge on any atom is -0.494 e. The standard InChI is InChI=1S/C26H26ClN3O3S2/c1-3-33-21-10-8-20(9-11-21)30-25(32)22(16-24(31)28-19-6-4-18(27)5-7-19)29(26(30)34)14-12-23-17(2)13-15-35-23/h4-11,13,15,22H,3,12,14,16H2,1-2H3,(H,28,31)/t22-/m0/s1. The number of rotatable bonds is 9. The quantitative estimate of drug-likeness (QED) is 0.363. The second-order valence-electron chi connectivity index (χ2n) is 8.13. The number of anilines is 2. The summed E-state index contributed by atoms with van der Waals surface area (Å²) in [6.45, 7) is 5.09. The number of nitrogens with one attached hydrogen (secondary N) is 1. The summed E-state index contributed by atoms with van der Waals surface area (Å²) in [6.07, 6.45) is 0.724. The van der Waals surface area contributed by atoms with Crippen molar-refractivity contribution in [3.8, 4) is 5.75 Å². The number of hydrogen-bond acceptors (Lipinski definition) is 5. The molecule has 0 bridgehead atoms. The van der Waals surface area contributed by atoms with E-state index in [0.717, 1.165) is 12.2 Å². The first-order chi connectivity index (χ1) is 16.9. The zero-order valence-electron chi connectivity index (χ0n) is 19.5. The van der Waals surface area contributed by atoms with Crippen molar-refractivity contribution in [1.82, 2.24) is 4.90 Å². The maximum atomic E-state index is 13.6. The van der Waals surface area contributed by atoms with E-state index >= 15 is 0 Å². The van der Waals surface area contributed by atoms with Gasteiger partial charge in [0.2, 0.25) is 5.91 Å². The normalized spacial score (nSPS) is 15.6. The number of amides is 2. The lowest BCUT2D eigenvalue weighted by molar-refractivity contribution is -0.124. The van der Waals surface area contributed by atoms with E-state index in [4.69, 9.17) is 28.6 Å². The van der Waals surface area contributed by atoms with Gasteiger partial charge in [0.05, 0.1) is 18.7 Å². The molecule has 1 aromatic heterocycles. The predicted molar refractivity (Wildman–Crippen MR) is 146 cm³/mol. The lowest BCUT2D eigenvalue weighted by Gasteiger charge is -2.24. The van der Waals surface area contributed by atoms with Crippen LogP contribution in [0.4, 0.5) is 11.4 Å². The van der Waals surface area contributed by atoms with Gasteiger partial charge in [-0.25, -0.2) is 0 Å². The fourth-order valence-electron chi connectivity index (χ4n) is 3.99. The number of halogens is 1. The van der Waals surface area contributed by atoms with Crippen molar-refractivity contribution < 1.29 is 14.3 Å². The number of hydrogen-bond donors (Lipinski definition) is 1. The van der Waals surface area contributed by atoms with Crippen molar-refractivity contribution in [2.45, 2.75) is 32.7 Å². The van der Waals surface area contributed by atoms with Crippen LogP contribution in [0.2, 0.25) is 5.02 Å². The van der Waals surface area contributed by atoms with Gasteiger partial charge in [-0.15, -0.1) is 11.3 Å². The molecule has 1 atom stereocenters. The molecule has 182 valence electrons. The van der Waals surface area contributed by atoms with E-state index in [0.29, 0.717) is 34.7 Å². The summed E-state index contributed by atoms with van der Waals surface area (Å²) in [4.78, 5) is 31.1. The van der Waals surface area contributed by atoms with Crippen LogP contribution in [-0.4, -0.2) is 41.0 Å². The number of nitrogens with zero attached hydrogens (tertiary/aromatic N) is 2. The molecule has 6 nitrogen and oxygen atoms in total. The second-order valence-corrected chi connectivity index (χ2v) is 9.93. The van der Waals surface area contributed by atoms with Crippen LogP contribution in [0.5, 0.6) is 5.75 Å². The Morgan fingerprint density at radius 1 is 1.14 bits per heavy atom. The number of benzene rings is 2. The van der Waals surface area contributed by atoms with Crippen molar-refractivity contribution >= 4 is 63.5 Å². The van der Waals surface area contributed by atoms with Crippen LogP contribution < -0.4 is 15.0 Å². The van der Waals surface area contributed by atoms with Crippen molar-refractivity contribution in [3.05, 3.63) is 75.4 Å². The van der Waals surface area contributed by atoms with Gasteiger partial charge in [0.15, 0.2) is 5.11 Å². The van der Waals surface area contributed by atoms with Gasteiger partial charge in [-0.1, -0.05) is 11.6 Å². The number of carbonyl (C=O) groups excluding carboxylic acids is 2. The smallest absolute Gasteiger partial charge is 0.256 e. The van der Waals surface area contributed by atoms with Crippen LogP contribution in [0, 0.1) is 6.92 Å². The molecule has 0 aliphatic carbocycles. The molecular weight excluding hydrogens is 502 g/mol. The number of aryl methyl sites for hydroxylation is 1. The Hall–Kier alpha value is -2.94. The van der Waals surface area contributed by atoms with E-state index in [9.17, 15) is 9.59 Å². The van der Waals surface area contributed by atoms with E-state index in [1.54, 1.807) is 35.6 Å². The number of thiophene rings is 1. The topological polar surface area (TPSA) is 61.9 Å². The SMILES string of the molecule is CCOc1ccc(N2C(=O)[C@H](CC(=O)Nc3ccc(Cl)cc3)N(CCc3sccc3C)C2=S)cc1. The van der Waals surface area contributed by atoms with Gasteiger partial charge in [0.25, 0.3) is 5.91 Å². The fraction of sp³-hybridized carbons (Fsp3) is 0.269. The molecule has 1 aliphatic rings. The zero-order chi connectivity index (χ0) is 24.9. The molecule has 9 heteroatoms. The Morgan fingerprint density at radius 2 is 1.86 bits per heavy atom. The Labute approximate surface area is 219 Å². The van der Waals surface area contributed by atoms with Gasteiger partial charge in [-0.3, -0.25) is 14.5 Å². The molecule has 0 saturated carbocycles. The highest BCUT2D eigenvalue weighted by molar-refractivity contribution is 7.80. The zero-order valence-corrected chi connectivity index (χ0v) is 21.9. The van der Waals surface area contributed by atoms with E-state index in [2.05, 4.69) is 23.7 Å². The highest BCUT2D eigenvalue weighted by Gasteiger charge is 2.44. The summed E-state index contributed by atoms with van der Waals surface area (Å²) in [5.41, 5.74) is 2.49. The molecule has 0 unspecified atom stereocenters. The summed E-state index contributed by atoms with van der Waals surface area (Å²) in [6, 6.07) is 15.5. The highest BCUT2D eigenvalue weighted by Crippen LogP contribution is 2.30. The predicted octanol–water partition coefficient (Wildman–Crippen LogP) is 5.68. The molecule has 1 aliphatic heterocycles. The first-order valence-electron chi connectivity index (χ1n) is 11.3. The molecular formula is C26H26ClN3O3S2. The van der Waals surface area contributed by atoms with Crippen LogP contribution in [0.1, 0.15) is 23.8 Å². The highest BCUT2D eigenvalue weighted by atomic mass is 35.5. The van der Waals surface area contributed by atoms with E-state index < -0.39 is 6.04 Å². The number of ether oxygens (including phenoxy) is 1. The Bertz CT molecular complexity index is 1210. The summed E-state index contributed by atoms with van der Waals surface area (Å²) in [7, 11) is 0. The second kappa shape index (κ2) is 11.2. The van der Waals surface area contributed by atoms with Gasteiger partial charge < -0.3 is 15.0 Å². The monoisotopic (exact) mass is 527 g/mol. The minimum absolute atomic E-state index is 0.0153. The number of carbonyl (C=O) groups is 2. The molecule has 35 heavy (non-hydrogen) atoms. The maximum absolute atomic E-state index is 13.6. The minimum atomic E-state index is -0.693. The third-order valence-corrected chi connectivity index (χ3v) is 7.53. The lowest BCUT2D eigenvalue weighted by atomic mass is 10.1. The van der Waals surface area contributed by atoms with E-state index in [1.807, 2.05) is 36.1 Å². The van der Waals surface area contributed by atoms with Gasteiger partial charge >= 0.3 is 0 Å². The van der Waals surface area contributed by atoms with Crippen molar-refractivity contribution in [2.24, 2.45) is 0 Å². The first kappa shape index (κ1) is 25.2. The molecule has 4 rings (SSSR count). The van der Waals surface area contributed by atoms with E-state index in [-0.39, 0.29) is 18.2 Å². The average molecular weight is 528 g/mol. The third kappa shape index (κ3) is 5.83. The van der Waals surface area contributed by atoms with Gasteiger partial charge in [0.1, 0.15) is 11.8 Å². The Morgan fingerprint density at radius 3 is 2.49 bits per heavy atom. The number of thiocarbonyl (C=S) groups is 1. The third-order valence-electron chi connectivity index (χ3n) is 5.78. The summed E-state index contributed by atoms with van der Waals surface area (Å²) < 4.78 is 5.52. The largest absolute Gasteiger partial charge is 0.494 e. The molecule has 2 amide bonds. The Kier molecular flexibility index (Phi) is 8.05. The molecule has 1 saturated heterocycles. The lowest BCUT2D eigenvalue weighted by Crippen LogP contribution is -2.39.